The fourth-order valence-electron chi connectivity index (χ4n) is 2.30. The lowest BCUT2D eigenvalue weighted by atomic mass is 9.79. The van der Waals surface area contributed by atoms with Gasteiger partial charge < -0.3 is 5.11 Å². The van der Waals surface area contributed by atoms with E-state index in [0.29, 0.717) is 12.0 Å². The standard InChI is InChI=1S/C13H14ClNO4/c1-13(12(16)17,9-3-4-9)7-8-2-5-10(15(18)19)6-11(8)14/h2,5-6,9H,3-4,7H2,1H3,(H,16,17). The molecule has 102 valence electrons. The maximum Gasteiger partial charge on any atom is 0.309 e. The number of hydrogen-bond donors (Lipinski definition) is 1. The molecule has 0 spiro atoms. The second-order valence-corrected chi connectivity index (χ2v) is 5.61. The molecule has 1 atom stereocenters. The molecule has 0 heterocycles. The molecule has 0 aliphatic heterocycles. The van der Waals surface area contributed by atoms with Crippen molar-refractivity contribution in [1.29, 1.82) is 0 Å². The van der Waals surface area contributed by atoms with Crippen molar-refractivity contribution in [3.63, 3.8) is 0 Å². The summed E-state index contributed by atoms with van der Waals surface area (Å²) in [6, 6.07) is 4.17. The van der Waals surface area contributed by atoms with Crippen LogP contribution in [-0.4, -0.2) is 16.0 Å². The molecule has 19 heavy (non-hydrogen) atoms. The van der Waals surface area contributed by atoms with Gasteiger partial charge in [0, 0.05) is 12.1 Å². The molecule has 5 nitrogen and oxygen atoms in total. The van der Waals surface area contributed by atoms with Gasteiger partial charge in [0.2, 0.25) is 0 Å². The minimum absolute atomic E-state index is 0.0859. The molecule has 2 rings (SSSR count). The zero-order valence-corrected chi connectivity index (χ0v) is 11.2. The van der Waals surface area contributed by atoms with Crippen molar-refractivity contribution in [3.05, 3.63) is 38.9 Å². The normalized spacial score (nSPS) is 17.8. The quantitative estimate of drug-likeness (QED) is 0.664. The smallest absolute Gasteiger partial charge is 0.309 e. The number of hydrogen-bond acceptors (Lipinski definition) is 3. The molecule has 1 saturated carbocycles. The molecule has 1 fully saturated rings. The summed E-state index contributed by atoms with van der Waals surface area (Å²) in [5.41, 5.74) is -0.291. The number of nitrogens with zero attached hydrogens (tertiary/aromatic N) is 1. The van der Waals surface area contributed by atoms with E-state index in [-0.39, 0.29) is 16.6 Å². The summed E-state index contributed by atoms with van der Waals surface area (Å²) in [7, 11) is 0. The summed E-state index contributed by atoms with van der Waals surface area (Å²) in [4.78, 5) is 21.6. The van der Waals surface area contributed by atoms with Gasteiger partial charge in [0.25, 0.3) is 5.69 Å². The molecular formula is C13H14ClNO4. The lowest BCUT2D eigenvalue weighted by Crippen LogP contribution is -2.32. The van der Waals surface area contributed by atoms with E-state index < -0.39 is 16.3 Å². The molecule has 1 unspecified atom stereocenters. The first-order valence-electron chi connectivity index (χ1n) is 6.01. The number of benzene rings is 1. The minimum atomic E-state index is -0.847. The third-order valence-electron chi connectivity index (χ3n) is 3.77. The number of aliphatic carboxylic acids is 1. The van der Waals surface area contributed by atoms with E-state index in [0.717, 1.165) is 12.8 Å². The van der Waals surface area contributed by atoms with Crippen LogP contribution in [0.2, 0.25) is 5.02 Å². The van der Waals surface area contributed by atoms with Gasteiger partial charge in [-0.05, 0) is 37.7 Å². The number of halogens is 1. The van der Waals surface area contributed by atoms with E-state index in [1.165, 1.54) is 12.1 Å². The Balaban J connectivity index is 2.27. The zero-order valence-electron chi connectivity index (χ0n) is 10.4. The molecule has 6 heteroatoms. The lowest BCUT2D eigenvalue weighted by Gasteiger charge is -2.25. The van der Waals surface area contributed by atoms with Crippen molar-refractivity contribution in [2.75, 3.05) is 0 Å². The summed E-state index contributed by atoms with van der Waals surface area (Å²) in [5.74, 6) is -0.680. The topological polar surface area (TPSA) is 80.4 Å². The second-order valence-electron chi connectivity index (χ2n) is 5.21. The van der Waals surface area contributed by atoms with E-state index in [2.05, 4.69) is 0 Å². The Morgan fingerprint density at radius 1 is 1.58 bits per heavy atom. The number of nitro benzene ring substituents is 1. The van der Waals surface area contributed by atoms with Crippen molar-refractivity contribution in [1.82, 2.24) is 0 Å². The Hall–Kier alpha value is -1.62. The van der Waals surface area contributed by atoms with Crippen LogP contribution in [0.1, 0.15) is 25.3 Å². The maximum atomic E-state index is 11.4. The fourth-order valence-corrected chi connectivity index (χ4v) is 2.55. The Kier molecular flexibility index (Phi) is 3.49. The fraction of sp³-hybridized carbons (Fsp3) is 0.462. The van der Waals surface area contributed by atoms with Crippen molar-refractivity contribution < 1.29 is 14.8 Å². The monoisotopic (exact) mass is 283 g/mol. The molecule has 1 N–H and O–H groups in total. The van der Waals surface area contributed by atoms with Crippen LogP contribution in [0.4, 0.5) is 5.69 Å². The summed E-state index contributed by atoms with van der Waals surface area (Å²) in [5, 5.41) is 20.3. The first kappa shape index (κ1) is 13.8. The lowest BCUT2D eigenvalue weighted by molar-refractivity contribution is -0.384. The number of non-ortho nitro benzene ring substituents is 1. The predicted molar refractivity (Wildman–Crippen MR) is 70.3 cm³/mol. The van der Waals surface area contributed by atoms with Gasteiger partial charge in [-0.15, -0.1) is 0 Å². The summed E-state index contributed by atoms with van der Waals surface area (Å²) in [6.07, 6.45) is 2.12. The highest BCUT2D eigenvalue weighted by Gasteiger charge is 2.47. The predicted octanol–water partition coefficient (Wildman–Crippen LogP) is 3.29. The van der Waals surface area contributed by atoms with Crippen LogP contribution in [0, 0.1) is 21.4 Å². The van der Waals surface area contributed by atoms with Crippen LogP contribution in [0.5, 0.6) is 0 Å². The van der Waals surface area contributed by atoms with Gasteiger partial charge in [0.05, 0.1) is 15.4 Å². The first-order valence-corrected chi connectivity index (χ1v) is 6.38. The molecule has 1 aliphatic carbocycles. The largest absolute Gasteiger partial charge is 0.481 e. The molecule has 0 amide bonds. The molecule has 1 aliphatic rings. The molecule has 1 aromatic rings. The highest BCUT2D eigenvalue weighted by Crippen LogP contribution is 2.48. The average molecular weight is 284 g/mol. The number of carboxylic acids is 1. The van der Waals surface area contributed by atoms with E-state index in [4.69, 9.17) is 11.6 Å². The summed E-state index contributed by atoms with van der Waals surface area (Å²) < 4.78 is 0. The van der Waals surface area contributed by atoms with Gasteiger partial charge in [0.1, 0.15) is 0 Å². The summed E-state index contributed by atoms with van der Waals surface area (Å²) >= 11 is 6.01. The van der Waals surface area contributed by atoms with Crippen LogP contribution in [0.15, 0.2) is 18.2 Å². The Morgan fingerprint density at radius 2 is 2.21 bits per heavy atom. The molecule has 0 saturated heterocycles. The number of carbonyl (C=O) groups is 1. The van der Waals surface area contributed by atoms with Crippen LogP contribution >= 0.6 is 11.6 Å². The third kappa shape index (κ3) is 2.71. The Bertz CT molecular complexity index is 541. The van der Waals surface area contributed by atoms with Gasteiger partial charge in [-0.3, -0.25) is 14.9 Å². The van der Waals surface area contributed by atoms with Crippen LogP contribution in [0.3, 0.4) is 0 Å². The van der Waals surface area contributed by atoms with Gasteiger partial charge in [0.15, 0.2) is 0 Å². The highest BCUT2D eigenvalue weighted by atomic mass is 35.5. The molecule has 0 aromatic heterocycles. The number of rotatable bonds is 5. The maximum absolute atomic E-state index is 11.4. The Morgan fingerprint density at radius 3 is 2.63 bits per heavy atom. The molecular weight excluding hydrogens is 270 g/mol. The highest BCUT2D eigenvalue weighted by molar-refractivity contribution is 6.31. The van der Waals surface area contributed by atoms with E-state index >= 15 is 0 Å². The third-order valence-corrected chi connectivity index (χ3v) is 4.12. The zero-order chi connectivity index (χ0) is 14.2. The molecule has 0 radical (unpaired) electrons. The van der Waals surface area contributed by atoms with Crippen LogP contribution in [-0.2, 0) is 11.2 Å². The number of nitro groups is 1. The average Bonchev–Trinajstić information content (AvgIpc) is 3.15. The minimum Gasteiger partial charge on any atom is -0.481 e. The second kappa shape index (κ2) is 4.81. The van der Waals surface area contributed by atoms with E-state index in [1.807, 2.05) is 0 Å². The van der Waals surface area contributed by atoms with E-state index in [9.17, 15) is 20.0 Å². The van der Waals surface area contributed by atoms with Crippen LogP contribution < -0.4 is 0 Å². The molecule has 0 bridgehead atoms. The van der Waals surface area contributed by atoms with Crippen LogP contribution in [0.25, 0.3) is 0 Å². The van der Waals surface area contributed by atoms with Gasteiger partial charge in [-0.25, -0.2) is 0 Å². The van der Waals surface area contributed by atoms with E-state index in [1.54, 1.807) is 13.0 Å². The first-order chi connectivity index (χ1) is 8.84. The van der Waals surface area contributed by atoms with Crippen molar-refractivity contribution in [2.24, 2.45) is 11.3 Å². The molecule has 1 aromatic carbocycles. The number of carboxylic acid groups (broad SMARTS) is 1. The van der Waals surface area contributed by atoms with Gasteiger partial charge in [-0.1, -0.05) is 17.7 Å². The van der Waals surface area contributed by atoms with Gasteiger partial charge in [-0.2, -0.15) is 0 Å². The van der Waals surface area contributed by atoms with Crippen molar-refractivity contribution >= 4 is 23.3 Å². The SMILES string of the molecule is CC(Cc1ccc([N+](=O)[O-])cc1Cl)(C(=O)O)C1CC1. The van der Waals surface area contributed by atoms with Crippen molar-refractivity contribution in [2.45, 2.75) is 26.2 Å². The van der Waals surface area contributed by atoms with Gasteiger partial charge >= 0.3 is 5.97 Å². The Labute approximate surface area is 115 Å². The summed E-state index contributed by atoms with van der Waals surface area (Å²) in [6.45, 7) is 1.71. The van der Waals surface area contributed by atoms with Crippen molar-refractivity contribution in [3.8, 4) is 0 Å².